The van der Waals surface area contributed by atoms with Crippen molar-refractivity contribution in [2.45, 2.75) is 6.04 Å². The number of carbonyl (C=O) groups is 1. The number of nitrogens with one attached hydrogen (secondary N) is 1. The molecule has 1 amide bonds. The molecule has 0 saturated heterocycles. The van der Waals surface area contributed by atoms with Crippen LogP contribution in [0.25, 0.3) is 10.6 Å². The summed E-state index contributed by atoms with van der Waals surface area (Å²) in [5, 5.41) is 7.18. The molecular formula is C17H17BrN4OS. The fourth-order valence-electron chi connectivity index (χ4n) is 2.45. The van der Waals surface area contributed by atoms with Gasteiger partial charge in [-0.2, -0.15) is 5.10 Å². The van der Waals surface area contributed by atoms with Gasteiger partial charge in [0.25, 0.3) is 5.91 Å². The van der Waals surface area contributed by atoms with Crippen molar-refractivity contribution in [2.24, 2.45) is 12.8 Å². The molecule has 1 aromatic carbocycles. The van der Waals surface area contributed by atoms with Gasteiger partial charge in [0, 0.05) is 24.3 Å². The number of hydrogen-bond donors (Lipinski definition) is 2. The predicted molar refractivity (Wildman–Crippen MR) is 99.9 cm³/mol. The number of halogens is 1. The Hall–Kier alpha value is -1.96. The van der Waals surface area contributed by atoms with Crippen LogP contribution in [-0.2, 0) is 7.05 Å². The Kier molecular flexibility index (Phi) is 5.13. The molecule has 3 aromatic rings. The van der Waals surface area contributed by atoms with Crippen LogP contribution in [0, 0.1) is 0 Å². The zero-order chi connectivity index (χ0) is 17.1. The van der Waals surface area contributed by atoms with Crippen molar-refractivity contribution in [3.63, 3.8) is 0 Å². The van der Waals surface area contributed by atoms with Crippen molar-refractivity contribution in [3.8, 4) is 10.6 Å². The fourth-order valence-corrected chi connectivity index (χ4v) is 4.28. The number of amides is 1. The Bertz CT molecular complexity index is 843. The maximum absolute atomic E-state index is 12.6. The summed E-state index contributed by atoms with van der Waals surface area (Å²) in [6, 6.07) is 13.3. The standard InChI is InChI=1S/C17H17BrN4OS/c1-22-14(7-8-20-22)16-12(18)9-15(24-16)17(23)21-13(10-19)11-5-3-2-4-6-11/h2-9,13H,10,19H2,1H3,(H,21,23). The van der Waals surface area contributed by atoms with Crippen molar-refractivity contribution in [1.29, 1.82) is 0 Å². The van der Waals surface area contributed by atoms with E-state index in [2.05, 4.69) is 26.3 Å². The van der Waals surface area contributed by atoms with Gasteiger partial charge < -0.3 is 11.1 Å². The number of benzene rings is 1. The first-order chi connectivity index (χ1) is 11.6. The molecule has 0 spiro atoms. The molecule has 0 saturated carbocycles. The van der Waals surface area contributed by atoms with Crippen molar-refractivity contribution >= 4 is 33.2 Å². The first-order valence-electron chi connectivity index (χ1n) is 7.43. The average molecular weight is 405 g/mol. The van der Waals surface area contributed by atoms with Crippen LogP contribution >= 0.6 is 27.3 Å². The summed E-state index contributed by atoms with van der Waals surface area (Å²) in [5.41, 5.74) is 7.79. The largest absolute Gasteiger partial charge is 0.343 e. The number of aromatic nitrogens is 2. The molecule has 24 heavy (non-hydrogen) atoms. The van der Waals surface area contributed by atoms with Crippen molar-refractivity contribution in [1.82, 2.24) is 15.1 Å². The van der Waals surface area contributed by atoms with Gasteiger partial charge in [0.05, 0.1) is 21.5 Å². The van der Waals surface area contributed by atoms with Gasteiger partial charge in [-0.05, 0) is 33.6 Å². The molecule has 2 heterocycles. The second-order valence-corrected chi connectivity index (χ2v) is 7.21. The first kappa shape index (κ1) is 16.9. The zero-order valence-electron chi connectivity index (χ0n) is 13.1. The summed E-state index contributed by atoms with van der Waals surface area (Å²) in [4.78, 5) is 14.2. The maximum atomic E-state index is 12.6. The number of thiophene rings is 1. The van der Waals surface area contributed by atoms with Crippen LogP contribution in [0.15, 0.2) is 53.1 Å². The lowest BCUT2D eigenvalue weighted by Gasteiger charge is -2.16. The molecule has 0 aliphatic carbocycles. The van der Waals surface area contributed by atoms with Crippen molar-refractivity contribution in [2.75, 3.05) is 6.54 Å². The van der Waals surface area contributed by atoms with Crippen LogP contribution in [0.4, 0.5) is 0 Å². The lowest BCUT2D eigenvalue weighted by Crippen LogP contribution is -2.32. The number of aryl methyl sites for hydroxylation is 1. The SMILES string of the molecule is Cn1nccc1-c1sc(C(=O)NC(CN)c2ccccc2)cc1Br. The highest BCUT2D eigenvalue weighted by molar-refractivity contribution is 9.10. The van der Waals surface area contributed by atoms with Gasteiger partial charge in [-0.3, -0.25) is 9.48 Å². The van der Waals surface area contributed by atoms with Gasteiger partial charge in [-0.25, -0.2) is 0 Å². The highest BCUT2D eigenvalue weighted by Gasteiger charge is 2.19. The monoisotopic (exact) mass is 404 g/mol. The number of nitrogens with zero attached hydrogens (tertiary/aromatic N) is 2. The summed E-state index contributed by atoms with van der Waals surface area (Å²) < 4.78 is 2.66. The third-order valence-corrected chi connectivity index (χ3v) is 5.75. The number of rotatable bonds is 5. The Morgan fingerprint density at radius 3 is 2.75 bits per heavy atom. The molecule has 0 aliphatic rings. The first-order valence-corrected chi connectivity index (χ1v) is 9.04. The lowest BCUT2D eigenvalue weighted by atomic mass is 10.1. The van der Waals surface area contributed by atoms with Crippen LogP contribution < -0.4 is 11.1 Å². The Morgan fingerprint density at radius 1 is 1.38 bits per heavy atom. The predicted octanol–water partition coefficient (Wildman–Crippen LogP) is 3.34. The van der Waals surface area contributed by atoms with E-state index in [0.29, 0.717) is 11.4 Å². The second-order valence-electron chi connectivity index (χ2n) is 5.30. The molecule has 3 N–H and O–H groups in total. The topological polar surface area (TPSA) is 72.9 Å². The Morgan fingerprint density at radius 2 is 2.12 bits per heavy atom. The maximum Gasteiger partial charge on any atom is 0.261 e. The van der Waals surface area contributed by atoms with E-state index in [-0.39, 0.29) is 11.9 Å². The Labute approximate surface area is 152 Å². The van der Waals surface area contributed by atoms with Crippen molar-refractivity contribution in [3.05, 3.63) is 63.6 Å². The number of nitrogens with two attached hydrogens (primary N) is 1. The highest BCUT2D eigenvalue weighted by Crippen LogP contribution is 2.36. The van der Waals surface area contributed by atoms with E-state index >= 15 is 0 Å². The van der Waals surface area contributed by atoms with E-state index in [1.807, 2.05) is 49.5 Å². The van der Waals surface area contributed by atoms with E-state index in [1.54, 1.807) is 10.9 Å². The summed E-state index contributed by atoms with van der Waals surface area (Å²) in [7, 11) is 1.88. The average Bonchev–Trinajstić information content (AvgIpc) is 3.18. The minimum absolute atomic E-state index is 0.131. The second kappa shape index (κ2) is 7.29. The molecule has 0 aliphatic heterocycles. The van der Waals surface area contributed by atoms with Crippen LogP contribution in [0.5, 0.6) is 0 Å². The van der Waals surface area contributed by atoms with Crippen LogP contribution in [-0.4, -0.2) is 22.2 Å². The molecule has 0 bridgehead atoms. The number of carbonyl (C=O) groups excluding carboxylic acids is 1. The van der Waals surface area contributed by atoms with E-state index < -0.39 is 0 Å². The molecule has 5 nitrogen and oxygen atoms in total. The van der Waals surface area contributed by atoms with Crippen molar-refractivity contribution < 1.29 is 4.79 Å². The summed E-state index contributed by atoms with van der Waals surface area (Å²) in [6.45, 7) is 0.344. The molecular weight excluding hydrogens is 388 g/mol. The molecule has 0 fully saturated rings. The fraction of sp³-hybridized carbons (Fsp3) is 0.176. The highest BCUT2D eigenvalue weighted by atomic mass is 79.9. The van der Waals surface area contributed by atoms with Gasteiger partial charge in [0.15, 0.2) is 0 Å². The van der Waals surface area contributed by atoms with Gasteiger partial charge in [-0.15, -0.1) is 11.3 Å². The minimum Gasteiger partial charge on any atom is -0.343 e. The van der Waals surface area contributed by atoms with Gasteiger partial charge >= 0.3 is 0 Å². The van der Waals surface area contributed by atoms with E-state index in [0.717, 1.165) is 20.6 Å². The molecule has 2 aromatic heterocycles. The Balaban J connectivity index is 1.82. The van der Waals surface area contributed by atoms with Crippen LogP contribution in [0.2, 0.25) is 0 Å². The third-order valence-electron chi connectivity index (χ3n) is 3.71. The molecule has 1 atom stereocenters. The minimum atomic E-state index is -0.209. The smallest absolute Gasteiger partial charge is 0.261 e. The molecule has 3 rings (SSSR count). The summed E-state index contributed by atoms with van der Waals surface area (Å²) in [5.74, 6) is -0.131. The van der Waals surface area contributed by atoms with Crippen LogP contribution in [0.3, 0.4) is 0 Å². The summed E-state index contributed by atoms with van der Waals surface area (Å²) >= 11 is 4.96. The van der Waals surface area contributed by atoms with Crippen LogP contribution in [0.1, 0.15) is 21.3 Å². The molecule has 0 radical (unpaired) electrons. The molecule has 7 heteroatoms. The lowest BCUT2D eigenvalue weighted by molar-refractivity contribution is 0.0942. The van der Waals surface area contributed by atoms with Gasteiger partial charge in [0.1, 0.15) is 0 Å². The van der Waals surface area contributed by atoms with E-state index in [1.165, 1.54) is 11.3 Å². The number of hydrogen-bond acceptors (Lipinski definition) is 4. The van der Waals surface area contributed by atoms with E-state index in [4.69, 9.17) is 5.73 Å². The van der Waals surface area contributed by atoms with Gasteiger partial charge in [-0.1, -0.05) is 30.3 Å². The third kappa shape index (κ3) is 3.43. The molecule has 124 valence electrons. The normalized spacial score (nSPS) is 12.1. The summed E-state index contributed by atoms with van der Waals surface area (Å²) in [6.07, 6.45) is 1.74. The molecule has 1 unspecified atom stereocenters. The quantitative estimate of drug-likeness (QED) is 0.684. The van der Waals surface area contributed by atoms with Gasteiger partial charge in [0.2, 0.25) is 0 Å². The zero-order valence-corrected chi connectivity index (χ0v) is 15.5. The van der Waals surface area contributed by atoms with E-state index in [9.17, 15) is 4.79 Å².